The molecule has 0 spiro atoms. The summed E-state index contributed by atoms with van der Waals surface area (Å²) in [4.78, 5) is 0. The van der Waals surface area contributed by atoms with Crippen LogP contribution in [0.25, 0.3) is 0 Å². The molecule has 1 atom stereocenters. The van der Waals surface area contributed by atoms with Gasteiger partial charge in [0.15, 0.2) is 0 Å². The molecule has 0 saturated carbocycles. The fourth-order valence-electron chi connectivity index (χ4n) is 2.70. The van der Waals surface area contributed by atoms with E-state index in [1.165, 1.54) is 32.1 Å². The van der Waals surface area contributed by atoms with Gasteiger partial charge in [0, 0.05) is 13.0 Å². The van der Waals surface area contributed by atoms with Crippen LogP contribution in [0.4, 0.5) is 0 Å². The maximum Gasteiger partial charge on any atom is 0.0766 e. The van der Waals surface area contributed by atoms with Crippen molar-refractivity contribution in [3.63, 3.8) is 0 Å². The Morgan fingerprint density at radius 2 is 1.76 bits per heavy atom. The van der Waals surface area contributed by atoms with Crippen LogP contribution in [-0.2, 0) is 19.4 Å². The van der Waals surface area contributed by atoms with Gasteiger partial charge in [0.05, 0.1) is 22.0 Å². The first-order valence-corrected chi connectivity index (χ1v) is 9.35. The maximum atomic E-state index is 10.3. The van der Waals surface area contributed by atoms with Gasteiger partial charge < -0.3 is 5.11 Å². The van der Waals surface area contributed by atoms with Crippen molar-refractivity contribution in [3.05, 3.63) is 15.9 Å². The number of aliphatic hydroxyl groups excluding tert-OH is 1. The summed E-state index contributed by atoms with van der Waals surface area (Å²) in [5.41, 5.74) is 2.24. The van der Waals surface area contributed by atoms with Crippen LogP contribution in [0.2, 0.25) is 0 Å². The van der Waals surface area contributed by atoms with Gasteiger partial charge in [-0.2, -0.15) is 5.10 Å². The molecule has 0 aliphatic carbocycles. The molecule has 0 amide bonds. The van der Waals surface area contributed by atoms with Gasteiger partial charge in [-0.15, -0.1) is 0 Å². The minimum absolute atomic E-state index is 0.251. The molecule has 1 rings (SSSR count). The number of aliphatic hydroxyl groups is 1. The van der Waals surface area contributed by atoms with E-state index in [9.17, 15) is 5.11 Å². The van der Waals surface area contributed by atoms with E-state index in [-0.39, 0.29) is 6.10 Å². The van der Waals surface area contributed by atoms with E-state index >= 15 is 0 Å². The quantitative estimate of drug-likeness (QED) is 0.572. The molecule has 3 nitrogen and oxygen atoms in total. The van der Waals surface area contributed by atoms with E-state index in [0.29, 0.717) is 6.42 Å². The first-order valence-electron chi connectivity index (χ1n) is 8.56. The average Bonchev–Trinajstić information content (AvgIpc) is 2.79. The molecule has 0 aromatic carbocycles. The molecule has 1 aromatic heterocycles. The predicted molar refractivity (Wildman–Crippen MR) is 92.7 cm³/mol. The smallest absolute Gasteiger partial charge is 0.0766 e. The second kappa shape index (κ2) is 10.4. The van der Waals surface area contributed by atoms with Crippen molar-refractivity contribution in [3.8, 4) is 0 Å². The zero-order valence-electron chi connectivity index (χ0n) is 13.9. The summed E-state index contributed by atoms with van der Waals surface area (Å²) in [5.74, 6) is 0. The lowest BCUT2D eigenvalue weighted by Crippen LogP contribution is -2.14. The molecule has 0 aliphatic heterocycles. The summed E-state index contributed by atoms with van der Waals surface area (Å²) >= 11 is 3.65. The molecule has 0 aliphatic rings. The number of halogens is 1. The zero-order valence-corrected chi connectivity index (χ0v) is 15.5. The summed E-state index contributed by atoms with van der Waals surface area (Å²) in [7, 11) is 0. The highest BCUT2D eigenvalue weighted by Crippen LogP contribution is 2.24. The molecule has 1 N–H and O–H groups in total. The molecule has 0 fully saturated rings. The molecule has 1 aromatic rings. The summed E-state index contributed by atoms with van der Waals surface area (Å²) in [6.07, 6.45) is 9.91. The Bertz CT molecular complexity index is 404. The highest BCUT2D eigenvalue weighted by molar-refractivity contribution is 9.10. The number of nitrogens with zero attached hydrogens (tertiary/aromatic N) is 2. The minimum atomic E-state index is -0.251. The number of aryl methyl sites for hydroxylation is 2. The van der Waals surface area contributed by atoms with Gasteiger partial charge in [0.2, 0.25) is 0 Å². The predicted octanol–water partition coefficient (Wildman–Crippen LogP) is 4.88. The highest BCUT2D eigenvalue weighted by atomic mass is 79.9. The molecule has 0 bridgehead atoms. The van der Waals surface area contributed by atoms with E-state index in [1.54, 1.807) is 0 Å². The number of aromatic nitrogens is 2. The topological polar surface area (TPSA) is 38.1 Å². The number of hydrogen-bond acceptors (Lipinski definition) is 2. The van der Waals surface area contributed by atoms with Crippen LogP contribution in [0, 0.1) is 0 Å². The minimum Gasteiger partial charge on any atom is -0.393 e. The molecule has 122 valence electrons. The Morgan fingerprint density at radius 3 is 2.38 bits per heavy atom. The number of unbranched alkanes of at least 4 members (excludes halogenated alkanes) is 5. The Morgan fingerprint density at radius 1 is 1.10 bits per heavy atom. The van der Waals surface area contributed by atoms with Gasteiger partial charge in [-0.25, -0.2) is 0 Å². The Kier molecular flexibility index (Phi) is 9.25. The lowest BCUT2D eigenvalue weighted by Gasteiger charge is -2.12. The van der Waals surface area contributed by atoms with Crippen molar-refractivity contribution in [1.82, 2.24) is 9.78 Å². The number of rotatable bonds is 11. The van der Waals surface area contributed by atoms with Crippen molar-refractivity contribution in [2.45, 2.75) is 91.2 Å². The SMILES string of the molecule is CCCCCCCCC(O)Cc1c(Br)c(CC)nn1CC. The molecule has 21 heavy (non-hydrogen) atoms. The van der Waals surface area contributed by atoms with Gasteiger partial charge in [-0.05, 0) is 35.7 Å². The fourth-order valence-corrected chi connectivity index (χ4v) is 3.42. The molecule has 1 unspecified atom stereocenters. The molecular weight excluding hydrogens is 328 g/mol. The Hall–Kier alpha value is -0.350. The van der Waals surface area contributed by atoms with Crippen LogP contribution in [-0.4, -0.2) is 21.0 Å². The van der Waals surface area contributed by atoms with Gasteiger partial charge in [0.1, 0.15) is 0 Å². The molecule has 0 radical (unpaired) electrons. The fraction of sp³-hybridized carbons (Fsp3) is 0.824. The van der Waals surface area contributed by atoms with E-state index < -0.39 is 0 Å². The lowest BCUT2D eigenvalue weighted by atomic mass is 10.0. The maximum absolute atomic E-state index is 10.3. The molecule has 4 heteroatoms. The lowest BCUT2D eigenvalue weighted by molar-refractivity contribution is 0.158. The zero-order chi connectivity index (χ0) is 15.7. The Labute approximate surface area is 138 Å². The third-order valence-corrected chi connectivity index (χ3v) is 4.93. The summed E-state index contributed by atoms with van der Waals surface area (Å²) in [6.45, 7) is 7.31. The second-order valence-corrected chi connectivity index (χ2v) is 6.58. The molecule has 0 saturated heterocycles. The highest BCUT2D eigenvalue weighted by Gasteiger charge is 2.17. The van der Waals surface area contributed by atoms with Crippen LogP contribution in [0.15, 0.2) is 4.47 Å². The van der Waals surface area contributed by atoms with Crippen molar-refractivity contribution in [2.75, 3.05) is 0 Å². The summed E-state index contributed by atoms with van der Waals surface area (Å²) in [5, 5.41) is 14.9. The van der Waals surface area contributed by atoms with Gasteiger partial charge in [-0.1, -0.05) is 52.4 Å². The third kappa shape index (κ3) is 6.11. The van der Waals surface area contributed by atoms with Crippen LogP contribution in [0.5, 0.6) is 0 Å². The van der Waals surface area contributed by atoms with Crippen LogP contribution < -0.4 is 0 Å². The van der Waals surface area contributed by atoms with Gasteiger partial charge in [-0.3, -0.25) is 4.68 Å². The standard InChI is InChI=1S/C17H31BrN2O/c1-4-7-8-9-10-11-12-14(21)13-16-17(18)15(5-2)19-20(16)6-3/h14,21H,4-13H2,1-3H3. The molecular formula is C17H31BrN2O. The first-order chi connectivity index (χ1) is 10.1. The van der Waals surface area contributed by atoms with E-state index in [0.717, 1.165) is 41.7 Å². The third-order valence-electron chi connectivity index (χ3n) is 4.01. The van der Waals surface area contributed by atoms with Gasteiger partial charge >= 0.3 is 0 Å². The number of hydrogen-bond donors (Lipinski definition) is 1. The van der Waals surface area contributed by atoms with Crippen LogP contribution >= 0.6 is 15.9 Å². The van der Waals surface area contributed by atoms with Crippen molar-refractivity contribution in [1.29, 1.82) is 0 Å². The average molecular weight is 359 g/mol. The largest absolute Gasteiger partial charge is 0.393 e. The van der Waals surface area contributed by atoms with Crippen LogP contribution in [0.3, 0.4) is 0 Å². The monoisotopic (exact) mass is 358 g/mol. The summed E-state index contributed by atoms with van der Waals surface area (Å²) in [6, 6.07) is 0. The normalized spacial score (nSPS) is 12.8. The van der Waals surface area contributed by atoms with Crippen molar-refractivity contribution >= 4 is 15.9 Å². The first kappa shape index (κ1) is 18.7. The molecule has 1 heterocycles. The van der Waals surface area contributed by atoms with Crippen molar-refractivity contribution in [2.24, 2.45) is 0 Å². The van der Waals surface area contributed by atoms with Crippen molar-refractivity contribution < 1.29 is 5.11 Å². The Balaban J connectivity index is 2.40. The van der Waals surface area contributed by atoms with E-state index in [1.807, 2.05) is 4.68 Å². The van der Waals surface area contributed by atoms with Gasteiger partial charge in [0.25, 0.3) is 0 Å². The van der Waals surface area contributed by atoms with E-state index in [4.69, 9.17) is 0 Å². The van der Waals surface area contributed by atoms with E-state index in [2.05, 4.69) is 41.8 Å². The summed E-state index contributed by atoms with van der Waals surface area (Å²) < 4.78 is 3.11. The second-order valence-electron chi connectivity index (χ2n) is 5.79. The van der Waals surface area contributed by atoms with Crippen LogP contribution in [0.1, 0.15) is 77.1 Å².